The molecule has 0 fully saturated rings. The second kappa shape index (κ2) is 7.12. The van der Waals surface area contributed by atoms with Crippen LogP contribution in [0.15, 0.2) is 47.2 Å². The molecule has 0 amide bonds. The molecule has 2 heterocycles. The normalized spacial score (nSPS) is 11.3. The molecule has 5 heteroatoms. The van der Waals surface area contributed by atoms with Gasteiger partial charge in [0, 0.05) is 11.1 Å². The molecule has 0 bridgehead atoms. The Morgan fingerprint density at radius 3 is 2.23 bits per heavy atom. The van der Waals surface area contributed by atoms with Crippen LogP contribution in [0.3, 0.4) is 0 Å². The molecule has 0 saturated heterocycles. The number of hydrogen-bond donors (Lipinski definition) is 1. The Morgan fingerprint density at radius 2 is 1.65 bits per heavy atom. The maximum Gasteiger partial charge on any atom is 0.335 e. The number of hydrogen-bond acceptors (Lipinski definition) is 4. The number of carbonyl (C=O) groups is 1. The Balaban J connectivity index is 2.06. The number of aromatic nitrogens is 2. The zero-order valence-electron chi connectivity index (χ0n) is 15.4. The van der Waals surface area contributed by atoms with Crippen LogP contribution in [0.1, 0.15) is 61.3 Å². The molecule has 26 heavy (non-hydrogen) atoms. The summed E-state index contributed by atoms with van der Waals surface area (Å²) in [5.74, 6) is 0.280. The summed E-state index contributed by atoms with van der Waals surface area (Å²) in [4.78, 5) is 20.5. The van der Waals surface area contributed by atoms with Gasteiger partial charge in [0.25, 0.3) is 0 Å². The molecule has 0 radical (unpaired) electrons. The highest BCUT2D eigenvalue weighted by Gasteiger charge is 2.18. The summed E-state index contributed by atoms with van der Waals surface area (Å²) in [6, 6.07) is 8.48. The first-order chi connectivity index (χ1) is 12.4. The predicted octanol–water partition coefficient (Wildman–Crippen LogP) is 5.35. The van der Waals surface area contributed by atoms with Crippen molar-refractivity contribution < 1.29 is 14.3 Å². The largest absolute Gasteiger partial charge is 0.478 e. The second-order valence-electron chi connectivity index (χ2n) is 6.88. The first kappa shape index (κ1) is 17.9. The van der Waals surface area contributed by atoms with Crippen LogP contribution in [0, 0.1) is 0 Å². The lowest BCUT2D eigenvalue weighted by Gasteiger charge is -2.15. The van der Waals surface area contributed by atoms with Crippen molar-refractivity contribution >= 4 is 5.97 Å². The Morgan fingerprint density at radius 1 is 1.00 bits per heavy atom. The van der Waals surface area contributed by atoms with Crippen molar-refractivity contribution in [3.8, 4) is 22.6 Å². The van der Waals surface area contributed by atoms with Crippen molar-refractivity contribution in [1.82, 2.24) is 9.97 Å². The van der Waals surface area contributed by atoms with Crippen LogP contribution in [0.25, 0.3) is 22.6 Å². The van der Waals surface area contributed by atoms with Gasteiger partial charge in [-0.1, -0.05) is 39.8 Å². The number of nitrogens with zero attached hydrogens (tertiary/aromatic N) is 2. The molecule has 3 aromatic rings. The summed E-state index contributed by atoms with van der Waals surface area (Å²) in [6.45, 7) is 8.45. The van der Waals surface area contributed by atoms with E-state index in [1.165, 1.54) is 0 Å². The lowest BCUT2D eigenvalue weighted by atomic mass is 9.99. The number of carboxylic acid groups (broad SMARTS) is 1. The fourth-order valence-corrected chi connectivity index (χ4v) is 2.91. The van der Waals surface area contributed by atoms with E-state index in [0.29, 0.717) is 11.7 Å². The van der Waals surface area contributed by atoms with Crippen molar-refractivity contribution in [3.05, 3.63) is 59.7 Å². The third-order valence-corrected chi connectivity index (χ3v) is 4.26. The topological polar surface area (TPSA) is 76.2 Å². The molecule has 0 saturated carbocycles. The summed E-state index contributed by atoms with van der Waals surface area (Å²) < 4.78 is 5.67. The molecular formula is C21H22N2O3. The monoisotopic (exact) mass is 350 g/mol. The SMILES string of the molecule is CC(C)c1ncc(-c2ccoc2-c2ccc(C(=O)O)cc2)nc1C(C)C. The number of rotatable bonds is 5. The van der Waals surface area contributed by atoms with Gasteiger partial charge in [-0.15, -0.1) is 0 Å². The molecule has 0 aliphatic rings. The Kier molecular flexibility index (Phi) is 4.89. The quantitative estimate of drug-likeness (QED) is 0.671. The number of aromatic carboxylic acids is 1. The van der Waals surface area contributed by atoms with Gasteiger partial charge in [0.1, 0.15) is 5.76 Å². The van der Waals surface area contributed by atoms with Crippen LogP contribution in [0.4, 0.5) is 0 Å². The van der Waals surface area contributed by atoms with Gasteiger partial charge in [-0.2, -0.15) is 0 Å². The fraction of sp³-hybridized carbons (Fsp3) is 0.286. The van der Waals surface area contributed by atoms with Gasteiger partial charge in [-0.05, 0) is 30.0 Å². The summed E-state index contributed by atoms with van der Waals surface area (Å²) in [6.07, 6.45) is 3.39. The lowest BCUT2D eigenvalue weighted by Crippen LogP contribution is -2.06. The Bertz CT molecular complexity index is 925. The van der Waals surface area contributed by atoms with Gasteiger partial charge in [0.05, 0.1) is 35.1 Å². The average Bonchev–Trinajstić information content (AvgIpc) is 3.10. The third kappa shape index (κ3) is 3.38. The second-order valence-corrected chi connectivity index (χ2v) is 6.88. The van der Waals surface area contributed by atoms with Crippen LogP contribution >= 0.6 is 0 Å². The van der Waals surface area contributed by atoms with Gasteiger partial charge in [-0.25, -0.2) is 9.78 Å². The highest BCUT2D eigenvalue weighted by molar-refractivity contribution is 5.88. The molecule has 134 valence electrons. The van der Waals surface area contributed by atoms with Gasteiger partial charge >= 0.3 is 5.97 Å². The highest BCUT2D eigenvalue weighted by atomic mass is 16.4. The molecule has 1 aromatic carbocycles. The van der Waals surface area contributed by atoms with Crippen molar-refractivity contribution in [2.24, 2.45) is 0 Å². The summed E-state index contributed by atoms with van der Waals surface area (Å²) in [7, 11) is 0. The number of carboxylic acids is 1. The zero-order valence-corrected chi connectivity index (χ0v) is 15.4. The molecule has 0 atom stereocenters. The minimum atomic E-state index is -0.951. The van der Waals surface area contributed by atoms with Crippen molar-refractivity contribution in [3.63, 3.8) is 0 Å². The van der Waals surface area contributed by atoms with Crippen LogP contribution in [0.5, 0.6) is 0 Å². The fourth-order valence-electron chi connectivity index (χ4n) is 2.91. The molecule has 3 rings (SSSR count). The molecular weight excluding hydrogens is 328 g/mol. The van der Waals surface area contributed by atoms with Gasteiger partial charge < -0.3 is 9.52 Å². The van der Waals surface area contributed by atoms with E-state index in [1.807, 2.05) is 6.07 Å². The first-order valence-corrected chi connectivity index (χ1v) is 8.67. The molecule has 1 N–H and O–H groups in total. The number of benzene rings is 1. The number of furan rings is 1. The van der Waals surface area contributed by atoms with E-state index in [0.717, 1.165) is 28.2 Å². The predicted molar refractivity (Wildman–Crippen MR) is 100 cm³/mol. The van der Waals surface area contributed by atoms with Crippen LogP contribution in [-0.2, 0) is 0 Å². The maximum atomic E-state index is 11.0. The van der Waals surface area contributed by atoms with E-state index in [4.69, 9.17) is 14.5 Å². The Hall–Kier alpha value is -2.95. The van der Waals surface area contributed by atoms with Crippen molar-refractivity contribution in [2.75, 3.05) is 0 Å². The third-order valence-electron chi connectivity index (χ3n) is 4.26. The van der Waals surface area contributed by atoms with E-state index in [-0.39, 0.29) is 11.5 Å². The van der Waals surface area contributed by atoms with Crippen molar-refractivity contribution in [1.29, 1.82) is 0 Å². The minimum absolute atomic E-state index is 0.241. The van der Waals surface area contributed by atoms with Crippen LogP contribution < -0.4 is 0 Å². The van der Waals surface area contributed by atoms with E-state index in [9.17, 15) is 4.79 Å². The van der Waals surface area contributed by atoms with E-state index in [1.54, 1.807) is 36.7 Å². The lowest BCUT2D eigenvalue weighted by molar-refractivity contribution is 0.0697. The van der Waals surface area contributed by atoms with Gasteiger partial charge in [-0.3, -0.25) is 4.98 Å². The Labute approximate surface area is 152 Å². The summed E-state index contributed by atoms with van der Waals surface area (Å²) in [5, 5.41) is 9.05. The summed E-state index contributed by atoms with van der Waals surface area (Å²) in [5.41, 5.74) is 4.65. The summed E-state index contributed by atoms with van der Waals surface area (Å²) >= 11 is 0. The molecule has 5 nitrogen and oxygen atoms in total. The molecule has 0 spiro atoms. The molecule has 2 aromatic heterocycles. The maximum absolute atomic E-state index is 11.0. The van der Waals surface area contributed by atoms with Gasteiger partial charge in [0.2, 0.25) is 0 Å². The van der Waals surface area contributed by atoms with E-state index in [2.05, 4.69) is 32.7 Å². The molecule has 0 aliphatic carbocycles. The van der Waals surface area contributed by atoms with Gasteiger partial charge in [0.15, 0.2) is 0 Å². The minimum Gasteiger partial charge on any atom is -0.478 e. The average molecular weight is 350 g/mol. The zero-order chi connectivity index (χ0) is 18.8. The molecule has 0 unspecified atom stereocenters. The highest BCUT2D eigenvalue weighted by Crippen LogP contribution is 2.34. The van der Waals surface area contributed by atoms with Crippen LogP contribution in [0.2, 0.25) is 0 Å². The van der Waals surface area contributed by atoms with Crippen LogP contribution in [-0.4, -0.2) is 21.0 Å². The van der Waals surface area contributed by atoms with E-state index >= 15 is 0 Å². The first-order valence-electron chi connectivity index (χ1n) is 8.67. The standard InChI is InChI=1S/C21H22N2O3/c1-12(2)18-19(13(3)4)23-17(11-22-18)16-9-10-26-20(16)14-5-7-15(8-6-14)21(24)25/h5-13H,1-4H3,(H,24,25). The van der Waals surface area contributed by atoms with E-state index < -0.39 is 5.97 Å². The molecule has 0 aliphatic heterocycles. The van der Waals surface area contributed by atoms with Crippen molar-refractivity contribution in [2.45, 2.75) is 39.5 Å². The smallest absolute Gasteiger partial charge is 0.335 e.